The monoisotopic (exact) mass is 261 g/mol. The van der Waals surface area contributed by atoms with E-state index in [1.165, 1.54) is 32.0 Å². The van der Waals surface area contributed by atoms with Crippen LogP contribution >= 0.6 is 0 Å². The summed E-state index contributed by atoms with van der Waals surface area (Å²) < 4.78 is 18.7. The molecule has 0 aliphatic carbocycles. The van der Waals surface area contributed by atoms with E-state index in [1.54, 1.807) is 6.07 Å². The Hall–Kier alpha value is -1.62. The lowest BCUT2D eigenvalue weighted by atomic mass is 9.84. The average molecular weight is 261 g/mol. The molecule has 0 spiro atoms. The second-order valence-corrected chi connectivity index (χ2v) is 5.54. The van der Waals surface area contributed by atoms with Crippen LogP contribution in [-0.4, -0.2) is 35.7 Å². The zero-order valence-electron chi connectivity index (χ0n) is 10.6. The first-order valence-electron chi connectivity index (χ1n) is 6.84. The van der Waals surface area contributed by atoms with Gasteiger partial charge in [0.05, 0.1) is 5.39 Å². The minimum absolute atomic E-state index is 0.242. The van der Waals surface area contributed by atoms with Crippen molar-refractivity contribution >= 4 is 16.8 Å². The number of nitrogens with one attached hydrogen (secondary N) is 1. The van der Waals surface area contributed by atoms with Crippen LogP contribution < -0.4 is 5.32 Å². The number of hydrogen-bond donors (Lipinski definition) is 1. The van der Waals surface area contributed by atoms with Crippen molar-refractivity contribution in [2.75, 3.05) is 25.0 Å². The number of halogens is 1. The van der Waals surface area contributed by atoms with Gasteiger partial charge in [0.1, 0.15) is 0 Å². The SMILES string of the molecule is Fc1cccc2c(N[C@@H]3CN4CCC3CC4)noc12. The summed E-state index contributed by atoms with van der Waals surface area (Å²) >= 11 is 0. The van der Waals surface area contributed by atoms with E-state index in [0.29, 0.717) is 17.8 Å². The van der Waals surface area contributed by atoms with Crippen molar-refractivity contribution in [1.82, 2.24) is 10.1 Å². The van der Waals surface area contributed by atoms with E-state index in [-0.39, 0.29) is 11.4 Å². The Morgan fingerprint density at radius 3 is 2.89 bits per heavy atom. The smallest absolute Gasteiger partial charge is 0.204 e. The molecule has 1 N–H and O–H groups in total. The second-order valence-electron chi connectivity index (χ2n) is 5.54. The van der Waals surface area contributed by atoms with Gasteiger partial charge in [-0.15, -0.1) is 0 Å². The number of nitrogens with zero attached hydrogens (tertiary/aromatic N) is 2. The van der Waals surface area contributed by atoms with Crippen LogP contribution in [0.4, 0.5) is 10.2 Å². The van der Waals surface area contributed by atoms with E-state index in [9.17, 15) is 4.39 Å². The third kappa shape index (κ3) is 1.80. The van der Waals surface area contributed by atoms with E-state index in [2.05, 4.69) is 15.4 Å². The number of benzene rings is 1. The first-order valence-corrected chi connectivity index (χ1v) is 6.84. The van der Waals surface area contributed by atoms with E-state index < -0.39 is 0 Å². The molecule has 0 amide bonds. The molecular weight excluding hydrogens is 245 g/mol. The van der Waals surface area contributed by atoms with Crippen molar-refractivity contribution in [3.63, 3.8) is 0 Å². The number of piperidine rings is 3. The summed E-state index contributed by atoms with van der Waals surface area (Å²) in [7, 11) is 0. The summed E-state index contributed by atoms with van der Waals surface area (Å²) in [6.45, 7) is 3.46. The van der Waals surface area contributed by atoms with Crippen LogP contribution in [-0.2, 0) is 0 Å². The zero-order valence-corrected chi connectivity index (χ0v) is 10.6. The lowest BCUT2D eigenvalue weighted by Crippen LogP contribution is -2.53. The van der Waals surface area contributed by atoms with Crippen molar-refractivity contribution in [3.05, 3.63) is 24.0 Å². The summed E-state index contributed by atoms with van der Waals surface area (Å²) in [5.41, 5.74) is 0.242. The van der Waals surface area contributed by atoms with Gasteiger partial charge in [0.2, 0.25) is 5.58 Å². The molecule has 5 rings (SSSR count). The number of hydrogen-bond acceptors (Lipinski definition) is 4. The molecule has 2 bridgehead atoms. The van der Waals surface area contributed by atoms with Gasteiger partial charge in [-0.3, -0.25) is 0 Å². The predicted octanol–water partition coefficient (Wildman–Crippen LogP) is 2.47. The molecule has 19 heavy (non-hydrogen) atoms. The van der Waals surface area contributed by atoms with Gasteiger partial charge < -0.3 is 14.7 Å². The maximum absolute atomic E-state index is 13.6. The van der Waals surface area contributed by atoms with Crippen LogP contribution in [0.25, 0.3) is 11.0 Å². The Morgan fingerprint density at radius 1 is 1.32 bits per heavy atom. The Labute approximate surface area is 110 Å². The number of rotatable bonds is 2. The van der Waals surface area contributed by atoms with Gasteiger partial charge in [0.25, 0.3) is 0 Å². The highest BCUT2D eigenvalue weighted by molar-refractivity contribution is 5.88. The van der Waals surface area contributed by atoms with Gasteiger partial charge >= 0.3 is 0 Å². The van der Waals surface area contributed by atoms with Crippen molar-refractivity contribution in [2.24, 2.45) is 5.92 Å². The summed E-state index contributed by atoms with van der Waals surface area (Å²) in [6.07, 6.45) is 2.48. The fourth-order valence-electron chi connectivity index (χ4n) is 3.34. The molecule has 0 unspecified atom stereocenters. The topological polar surface area (TPSA) is 41.3 Å². The average Bonchev–Trinajstić information content (AvgIpc) is 2.85. The molecule has 100 valence electrons. The summed E-state index contributed by atoms with van der Waals surface area (Å²) in [5.74, 6) is 1.02. The Balaban J connectivity index is 1.63. The quantitative estimate of drug-likeness (QED) is 0.901. The highest BCUT2D eigenvalue weighted by atomic mass is 19.1. The van der Waals surface area contributed by atoms with Gasteiger partial charge in [-0.1, -0.05) is 11.2 Å². The fourth-order valence-corrected chi connectivity index (χ4v) is 3.34. The largest absolute Gasteiger partial charge is 0.362 e. The molecule has 3 aliphatic heterocycles. The fraction of sp³-hybridized carbons (Fsp3) is 0.500. The van der Waals surface area contributed by atoms with Crippen LogP contribution in [0.2, 0.25) is 0 Å². The number of anilines is 1. The van der Waals surface area contributed by atoms with Gasteiger partial charge in [-0.2, -0.15) is 0 Å². The second kappa shape index (κ2) is 4.20. The molecule has 3 fully saturated rings. The van der Waals surface area contributed by atoms with Crippen LogP contribution in [0.1, 0.15) is 12.8 Å². The maximum atomic E-state index is 13.6. The minimum atomic E-state index is -0.355. The summed E-state index contributed by atoms with van der Waals surface area (Å²) in [4.78, 5) is 2.47. The molecule has 4 nitrogen and oxygen atoms in total. The van der Waals surface area contributed by atoms with E-state index in [0.717, 1.165) is 11.9 Å². The molecule has 4 heterocycles. The minimum Gasteiger partial charge on any atom is -0.362 e. The standard InChI is InChI=1S/C14H16FN3O/c15-11-3-1-2-10-13(11)19-17-14(10)16-12-8-18-6-4-9(12)5-7-18/h1-3,9,12H,4-8H2,(H,16,17)/t12-/m1/s1. The summed E-state index contributed by atoms with van der Waals surface area (Å²) in [5, 5.41) is 8.17. The van der Waals surface area contributed by atoms with Crippen LogP contribution in [0.5, 0.6) is 0 Å². The molecular formula is C14H16FN3O. The van der Waals surface area contributed by atoms with E-state index in [1.807, 2.05) is 6.07 Å². The lowest BCUT2D eigenvalue weighted by Gasteiger charge is -2.44. The van der Waals surface area contributed by atoms with Gasteiger partial charge in [0.15, 0.2) is 11.6 Å². The first kappa shape index (κ1) is 11.2. The van der Waals surface area contributed by atoms with Crippen molar-refractivity contribution in [1.29, 1.82) is 0 Å². The van der Waals surface area contributed by atoms with Gasteiger partial charge in [-0.05, 0) is 44.0 Å². The highest BCUT2D eigenvalue weighted by Gasteiger charge is 2.34. The predicted molar refractivity (Wildman–Crippen MR) is 70.5 cm³/mol. The van der Waals surface area contributed by atoms with Gasteiger partial charge in [0, 0.05) is 12.6 Å². The third-order valence-corrected chi connectivity index (χ3v) is 4.43. The van der Waals surface area contributed by atoms with Crippen LogP contribution in [0.3, 0.4) is 0 Å². The number of para-hydroxylation sites is 1. The normalized spacial score (nSPS) is 29.8. The molecule has 2 aromatic rings. The molecule has 0 saturated carbocycles. The van der Waals surface area contributed by atoms with E-state index >= 15 is 0 Å². The lowest BCUT2D eigenvalue weighted by molar-refractivity contribution is 0.0973. The van der Waals surface area contributed by atoms with Crippen LogP contribution in [0, 0.1) is 11.7 Å². The maximum Gasteiger partial charge on any atom is 0.204 e. The Morgan fingerprint density at radius 2 is 2.16 bits per heavy atom. The van der Waals surface area contributed by atoms with Gasteiger partial charge in [-0.25, -0.2) is 4.39 Å². The third-order valence-electron chi connectivity index (χ3n) is 4.43. The van der Waals surface area contributed by atoms with Crippen molar-refractivity contribution in [2.45, 2.75) is 18.9 Å². The number of fused-ring (bicyclic) bond motifs is 4. The Bertz CT molecular complexity index is 604. The molecule has 3 aliphatic rings. The van der Waals surface area contributed by atoms with Crippen molar-refractivity contribution < 1.29 is 8.91 Å². The van der Waals surface area contributed by atoms with Crippen molar-refractivity contribution in [3.8, 4) is 0 Å². The summed E-state index contributed by atoms with van der Waals surface area (Å²) in [6, 6.07) is 5.33. The van der Waals surface area contributed by atoms with E-state index in [4.69, 9.17) is 4.52 Å². The molecule has 3 saturated heterocycles. The molecule has 1 aromatic heterocycles. The Kier molecular flexibility index (Phi) is 2.48. The molecule has 5 heteroatoms. The highest BCUT2D eigenvalue weighted by Crippen LogP contribution is 2.32. The van der Waals surface area contributed by atoms with Crippen LogP contribution in [0.15, 0.2) is 22.7 Å². The first-order chi connectivity index (χ1) is 9.31. The molecule has 0 radical (unpaired) electrons. The zero-order chi connectivity index (χ0) is 12.8. The molecule has 1 aromatic carbocycles. The molecule has 1 atom stereocenters. The number of aromatic nitrogens is 1.